The molecule has 1 aliphatic heterocycles. The van der Waals surface area contributed by atoms with Crippen LogP contribution in [0.2, 0.25) is 0 Å². The smallest absolute Gasteiger partial charge is 0.338 e. The van der Waals surface area contributed by atoms with E-state index in [4.69, 9.17) is 4.74 Å². The van der Waals surface area contributed by atoms with E-state index < -0.39 is 0 Å². The highest BCUT2D eigenvalue weighted by Gasteiger charge is 2.21. The van der Waals surface area contributed by atoms with Crippen molar-refractivity contribution in [3.8, 4) is 0 Å². The van der Waals surface area contributed by atoms with Gasteiger partial charge in [0.05, 0.1) is 17.7 Å². The van der Waals surface area contributed by atoms with Gasteiger partial charge in [0.1, 0.15) is 0 Å². The second-order valence-electron chi connectivity index (χ2n) is 6.69. The topological polar surface area (TPSA) is 84.4 Å². The van der Waals surface area contributed by atoms with Crippen molar-refractivity contribution in [1.29, 1.82) is 0 Å². The third kappa shape index (κ3) is 4.81. The lowest BCUT2D eigenvalue weighted by Crippen LogP contribution is -2.38. The molecule has 27 heavy (non-hydrogen) atoms. The van der Waals surface area contributed by atoms with E-state index >= 15 is 0 Å². The zero-order chi connectivity index (χ0) is 19.2. The quantitative estimate of drug-likeness (QED) is 0.816. The van der Waals surface area contributed by atoms with E-state index in [1.165, 1.54) is 0 Å². The molecule has 0 spiro atoms. The van der Waals surface area contributed by atoms with Crippen molar-refractivity contribution in [3.63, 3.8) is 0 Å². The van der Waals surface area contributed by atoms with Crippen LogP contribution in [0, 0.1) is 5.92 Å². The number of amides is 1. The number of nitrogens with zero attached hydrogens (tertiary/aromatic N) is 3. The number of rotatable bonds is 5. The minimum atomic E-state index is -0.352. The fourth-order valence-electron chi connectivity index (χ4n) is 2.93. The fourth-order valence-corrected chi connectivity index (χ4v) is 2.93. The van der Waals surface area contributed by atoms with Gasteiger partial charge in [-0.1, -0.05) is 6.92 Å². The summed E-state index contributed by atoms with van der Waals surface area (Å²) in [6.45, 7) is 5.89. The molecule has 1 aromatic carbocycles. The Morgan fingerprint density at radius 3 is 2.33 bits per heavy atom. The standard InChI is InChI=1S/C20H24N4O3/c1-3-27-19(26)15-4-6-17(7-5-15)23-20-21-12-16(13-22-20)18(25)24-10-8-14(2)9-11-24/h4-7,12-14H,3,8-11H2,1-2H3,(H,21,22,23). The van der Waals surface area contributed by atoms with Crippen molar-refractivity contribution in [2.45, 2.75) is 26.7 Å². The summed E-state index contributed by atoms with van der Waals surface area (Å²) in [5.41, 5.74) is 1.72. The molecule has 0 unspecified atom stereocenters. The first-order valence-electron chi connectivity index (χ1n) is 9.22. The Labute approximate surface area is 158 Å². The van der Waals surface area contributed by atoms with Crippen molar-refractivity contribution < 1.29 is 14.3 Å². The van der Waals surface area contributed by atoms with Gasteiger partial charge >= 0.3 is 5.97 Å². The maximum absolute atomic E-state index is 12.5. The van der Waals surface area contributed by atoms with Crippen LogP contribution >= 0.6 is 0 Å². The summed E-state index contributed by atoms with van der Waals surface area (Å²) < 4.78 is 4.96. The number of hydrogen-bond donors (Lipinski definition) is 1. The zero-order valence-electron chi connectivity index (χ0n) is 15.6. The molecule has 2 aromatic rings. The van der Waals surface area contributed by atoms with Crippen molar-refractivity contribution in [1.82, 2.24) is 14.9 Å². The first-order chi connectivity index (χ1) is 13.1. The molecule has 7 heteroatoms. The Morgan fingerprint density at radius 2 is 1.74 bits per heavy atom. The number of benzene rings is 1. The first kappa shape index (κ1) is 18.8. The van der Waals surface area contributed by atoms with Crippen molar-refractivity contribution in [2.24, 2.45) is 5.92 Å². The van der Waals surface area contributed by atoms with Gasteiger partial charge in [-0.2, -0.15) is 0 Å². The number of carbonyl (C=O) groups excluding carboxylic acids is 2. The molecule has 7 nitrogen and oxygen atoms in total. The molecule has 1 saturated heterocycles. The molecular weight excluding hydrogens is 344 g/mol. The predicted molar refractivity (Wildman–Crippen MR) is 102 cm³/mol. The van der Waals surface area contributed by atoms with Crippen LogP contribution in [-0.2, 0) is 4.74 Å². The maximum Gasteiger partial charge on any atom is 0.338 e. The summed E-state index contributed by atoms with van der Waals surface area (Å²) in [6, 6.07) is 6.86. The summed E-state index contributed by atoms with van der Waals surface area (Å²) in [7, 11) is 0. The van der Waals surface area contributed by atoms with Crippen LogP contribution in [0.3, 0.4) is 0 Å². The van der Waals surface area contributed by atoms with Crippen molar-refractivity contribution in [2.75, 3.05) is 25.0 Å². The fraction of sp³-hybridized carbons (Fsp3) is 0.400. The predicted octanol–water partition coefficient (Wildman–Crippen LogP) is 3.27. The largest absolute Gasteiger partial charge is 0.462 e. The highest BCUT2D eigenvalue weighted by Crippen LogP contribution is 2.19. The summed E-state index contributed by atoms with van der Waals surface area (Å²) >= 11 is 0. The van der Waals surface area contributed by atoms with Gasteiger partial charge in [-0.05, 0) is 49.9 Å². The summed E-state index contributed by atoms with van der Waals surface area (Å²) in [6.07, 6.45) is 5.16. The second kappa shape index (κ2) is 8.62. The maximum atomic E-state index is 12.5. The summed E-state index contributed by atoms with van der Waals surface area (Å²) in [5.74, 6) is 0.692. The van der Waals surface area contributed by atoms with Gasteiger partial charge in [-0.25, -0.2) is 14.8 Å². The van der Waals surface area contributed by atoms with Crippen molar-refractivity contribution >= 4 is 23.5 Å². The van der Waals surface area contributed by atoms with Crippen LogP contribution in [0.25, 0.3) is 0 Å². The minimum absolute atomic E-state index is 0.0211. The van der Waals surface area contributed by atoms with Gasteiger partial charge in [0.2, 0.25) is 5.95 Å². The van der Waals surface area contributed by atoms with E-state index in [1.807, 2.05) is 4.90 Å². The monoisotopic (exact) mass is 368 g/mol. The molecule has 1 fully saturated rings. The molecule has 1 N–H and O–H groups in total. The molecule has 0 saturated carbocycles. The number of anilines is 2. The number of piperidine rings is 1. The molecule has 142 valence electrons. The number of aromatic nitrogens is 2. The SMILES string of the molecule is CCOC(=O)c1ccc(Nc2ncc(C(=O)N3CCC(C)CC3)cn2)cc1. The molecule has 1 aromatic heterocycles. The Bertz CT molecular complexity index is 782. The summed E-state index contributed by atoms with van der Waals surface area (Å²) in [5, 5.41) is 3.05. The van der Waals surface area contributed by atoms with Gasteiger partial charge < -0.3 is 15.0 Å². The molecule has 0 aliphatic carbocycles. The minimum Gasteiger partial charge on any atom is -0.462 e. The Morgan fingerprint density at radius 1 is 1.11 bits per heavy atom. The Kier molecular flexibility index (Phi) is 6.01. The third-order valence-electron chi connectivity index (χ3n) is 4.62. The highest BCUT2D eigenvalue weighted by atomic mass is 16.5. The number of hydrogen-bond acceptors (Lipinski definition) is 6. The average Bonchev–Trinajstić information content (AvgIpc) is 2.69. The second-order valence-corrected chi connectivity index (χ2v) is 6.69. The zero-order valence-corrected chi connectivity index (χ0v) is 15.6. The lowest BCUT2D eigenvalue weighted by atomic mass is 9.99. The van der Waals surface area contributed by atoms with Crippen molar-refractivity contribution in [3.05, 3.63) is 47.8 Å². The van der Waals surface area contributed by atoms with E-state index in [-0.39, 0.29) is 11.9 Å². The normalized spacial score (nSPS) is 14.7. The molecule has 3 rings (SSSR count). The lowest BCUT2D eigenvalue weighted by Gasteiger charge is -2.30. The highest BCUT2D eigenvalue weighted by molar-refractivity contribution is 5.93. The van der Waals surface area contributed by atoms with E-state index in [1.54, 1.807) is 43.6 Å². The van der Waals surface area contributed by atoms with Crippen LogP contribution in [0.15, 0.2) is 36.7 Å². The Balaban J connectivity index is 1.60. The molecule has 1 amide bonds. The number of ether oxygens (including phenoxy) is 1. The first-order valence-corrected chi connectivity index (χ1v) is 9.22. The Hall–Kier alpha value is -2.96. The van der Waals surface area contributed by atoms with Gasteiger partial charge in [-0.3, -0.25) is 4.79 Å². The van der Waals surface area contributed by atoms with Crippen LogP contribution in [-0.4, -0.2) is 46.4 Å². The van der Waals surface area contributed by atoms with E-state index in [2.05, 4.69) is 22.2 Å². The van der Waals surface area contributed by atoms with Gasteiger partial charge in [0, 0.05) is 31.2 Å². The molecule has 0 radical (unpaired) electrons. The van der Waals surface area contributed by atoms with Crippen LogP contribution < -0.4 is 5.32 Å². The molecule has 0 bridgehead atoms. The van der Waals surface area contributed by atoms with Crippen LogP contribution in [0.5, 0.6) is 0 Å². The average molecular weight is 368 g/mol. The number of esters is 1. The van der Waals surface area contributed by atoms with Gasteiger partial charge in [0.25, 0.3) is 5.91 Å². The lowest BCUT2D eigenvalue weighted by molar-refractivity contribution is 0.0526. The molecular formula is C20H24N4O3. The van der Waals surface area contributed by atoms with E-state index in [0.29, 0.717) is 29.6 Å². The van der Waals surface area contributed by atoms with Gasteiger partial charge in [-0.15, -0.1) is 0 Å². The number of carbonyl (C=O) groups is 2. The molecule has 0 atom stereocenters. The van der Waals surface area contributed by atoms with Crippen LogP contribution in [0.4, 0.5) is 11.6 Å². The van der Waals surface area contributed by atoms with Gasteiger partial charge in [0.15, 0.2) is 0 Å². The number of likely N-dealkylation sites (tertiary alicyclic amines) is 1. The third-order valence-corrected chi connectivity index (χ3v) is 4.62. The van der Waals surface area contributed by atoms with Crippen LogP contribution in [0.1, 0.15) is 47.4 Å². The number of nitrogens with one attached hydrogen (secondary N) is 1. The summed E-state index contributed by atoms with van der Waals surface area (Å²) in [4.78, 5) is 34.5. The van der Waals surface area contributed by atoms with E-state index in [0.717, 1.165) is 31.6 Å². The molecule has 2 heterocycles. The van der Waals surface area contributed by atoms with E-state index in [9.17, 15) is 9.59 Å². The molecule has 1 aliphatic rings.